The zero-order valence-corrected chi connectivity index (χ0v) is 13.0. The van der Waals surface area contributed by atoms with E-state index in [1.54, 1.807) is 11.8 Å². The van der Waals surface area contributed by atoms with Crippen LogP contribution in [-0.4, -0.2) is 0 Å². The molecule has 0 fully saturated rings. The summed E-state index contributed by atoms with van der Waals surface area (Å²) in [6, 6.07) is 12.5. The molecule has 0 saturated carbocycles. The lowest BCUT2D eigenvalue weighted by Gasteiger charge is -2.11. The zero-order valence-electron chi connectivity index (χ0n) is 11.4. The number of halogens is 1. The third kappa shape index (κ3) is 3.53. The molecule has 1 atom stereocenters. The lowest BCUT2D eigenvalue weighted by Crippen LogP contribution is -2.04. The first-order valence-corrected chi connectivity index (χ1v) is 7.47. The Balaban J connectivity index is 2.31. The molecule has 2 N–H and O–H groups in total. The Labute approximate surface area is 124 Å². The van der Waals surface area contributed by atoms with Gasteiger partial charge in [-0.15, -0.1) is 0 Å². The third-order valence-electron chi connectivity index (χ3n) is 3.05. The van der Waals surface area contributed by atoms with Crippen molar-refractivity contribution < 1.29 is 0 Å². The highest BCUT2D eigenvalue weighted by Gasteiger charge is 2.08. The molecule has 0 radical (unpaired) electrons. The summed E-state index contributed by atoms with van der Waals surface area (Å²) in [7, 11) is 0. The van der Waals surface area contributed by atoms with E-state index < -0.39 is 0 Å². The van der Waals surface area contributed by atoms with Crippen molar-refractivity contribution in [1.82, 2.24) is 0 Å². The van der Waals surface area contributed by atoms with Crippen LogP contribution < -0.4 is 5.73 Å². The van der Waals surface area contributed by atoms with Gasteiger partial charge in [0.1, 0.15) is 0 Å². The first-order valence-electron chi connectivity index (χ1n) is 6.27. The van der Waals surface area contributed by atoms with Gasteiger partial charge >= 0.3 is 0 Å². The average Bonchev–Trinajstić information content (AvgIpc) is 2.36. The number of rotatable bonds is 3. The van der Waals surface area contributed by atoms with Crippen LogP contribution in [0.5, 0.6) is 0 Å². The van der Waals surface area contributed by atoms with E-state index in [0.717, 1.165) is 15.5 Å². The van der Waals surface area contributed by atoms with E-state index in [0.29, 0.717) is 0 Å². The quantitative estimate of drug-likeness (QED) is 0.848. The lowest BCUT2D eigenvalue weighted by atomic mass is 10.1. The van der Waals surface area contributed by atoms with Crippen LogP contribution in [-0.2, 0) is 0 Å². The minimum atomic E-state index is 0.0113. The van der Waals surface area contributed by atoms with Crippen molar-refractivity contribution >= 4 is 23.4 Å². The number of aryl methyl sites for hydroxylation is 2. The molecule has 3 heteroatoms. The predicted molar refractivity (Wildman–Crippen MR) is 84.1 cm³/mol. The molecule has 2 rings (SSSR count). The third-order valence-corrected chi connectivity index (χ3v) is 4.71. The highest BCUT2D eigenvalue weighted by atomic mass is 35.5. The Hall–Kier alpha value is -0.960. The molecule has 1 unspecified atom stereocenters. The van der Waals surface area contributed by atoms with Gasteiger partial charge in [-0.1, -0.05) is 41.6 Å². The minimum Gasteiger partial charge on any atom is -0.324 e. The summed E-state index contributed by atoms with van der Waals surface area (Å²) >= 11 is 8.04. The van der Waals surface area contributed by atoms with E-state index in [9.17, 15) is 0 Å². The molecule has 100 valence electrons. The monoisotopic (exact) mass is 291 g/mol. The van der Waals surface area contributed by atoms with E-state index in [1.165, 1.54) is 16.0 Å². The SMILES string of the molecule is Cc1ccc(C)c(Sc2ccc(C(C)N)cc2Cl)c1. The molecule has 0 saturated heterocycles. The maximum atomic E-state index is 6.34. The van der Waals surface area contributed by atoms with E-state index in [4.69, 9.17) is 17.3 Å². The minimum absolute atomic E-state index is 0.0113. The number of benzene rings is 2. The fraction of sp³-hybridized carbons (Fsp3) is 0.250. The van der Waals surface area contributed by atoms with E-state index in [-0.39, 0.29) is 6.04 Å². The van der Waals surface area contributed by atoms with Crippen LogP contribution in [0.25, 0.3) is 0 Å². The highest BCUT2D eigenvalue weighted by molar-refractivity contribution is 7.99. The van der Waals surface area contributed by atoms with Gasteiger partial charge in [0.05, 0.1) is 5.02 Å². The van der Waals surface area contributed by atoms with Crippen LogP contribution in [0.3, 0.4) is 0 Å². The van der Waals surface area contributed by atoms with Gasteiger partial charge < -0.3 is 5.73 Å². The molecule has 2 aromatic carbocycles. The van der Waals surface area contributed by atoms with Gasteiger partial charge in [-0.3, -0.25) is 0 Å². The Morgan fingerprint density at radius 1 is 1.05 bits per heavy atom. The Kier molecular flexibility index (Phi) is 4.56. The van der Waals surface area contributed by atoms with Gasteiger partial charge in [-0.25, -0.2) is 0 Å². The van der Waals surface area contributed by atoms with Crippen LogP contribution >= 0.6 is 23.4 Å². The summed E-state index contributed by atoms with van der Waals surface area (Å²) in [5.74, 6) is 0. The molecule has 0 heterocycles. The predicted octanol–water partition coefficient (Wildman–Crippen LogP) is 5.13. The van der Waals surface area contributed by atoms with Crippen molar-refractivity contribution in [2.45, 2.75) is 36.6 Å². The summed E-state index contributed by atoms with van der Waals surface area (Å²) in [6.07, 6.45) is 0. The fourth-order valence-corrected chi connectivity index (χ4v) is 3.13. The number of hydrogen-bond acceptors (Lipinski definition) is 2. The van der Waals surface area contributed by atoms with Gasteiger partial charge in [0, 0.05) is 15.8 Å². The molecule has 0 aliphatic carbocycles. The summed E-state index contributed by atoms with van der Waals surface area (Å²) in [5, 5.41) is 0.765. The first kappa shape index (κ1) is 14.4. The van der Waals surface area contributed by atoms with Crippen molar-refractivity contribution in [2.75, 3.05) is 0 Å². The van der Waals surface area contributed by atoms with Gasteiger partial charge in [-0.05, 0) is 55.7 Å². The van der Waals surface area contributed by atoms with Crippen LogP contribution in [0.4, 0.5) is 0 Å². The molecule has 2 aromatic rings. The second-order valence-corrected chi connectivity index (χ2v) is 6.34. The molecule has 0 aliphatic heterocycles. The number of hydrogen-bond donors (Lipinski definition) is 1. The second-order valence-electron chi connectivity index (χ2n) is 4.85. The molecule has 0 bridgehead atoms. The van der Waals surface area contributed by atoms with Crippen molar-refractivity contribution in [3.8, 4) is 0 Å². The van der Waals surface area contributed by atoms with Crippen LogP contribution in [0, 0.1) is 13.8 Å². The molecule has 0 aliphatic rings. The van der Waals surface area contributed by atoms with Crippen LogP contribution in [0.15, 0.2) is 46.2 Å². The van der Waals surface area contributed by atoms with Gasteiger partial charge in [0.15, 0.2) is 0 Å². The molecular formula is C16H18ClNS. The first-order chi connectivity index (χ1) is 8.97. The normalized spacial score (nSPS) is 12.5. The van der Waals surface area contributed by atoms with Crippen LogP contribution in [0.1, 0.15) is 29.7 Å². The van der Waals surface area contributed by atoms with Gasteiger partial charge in [0.2, 0.25) is 0 Å². The van der Waals surface area contributed by atoms with E-state index in [1.807, 2.05) is 25.1 Å². The highest BCUT2D eigenvalue weighted by Crippen LogP contribution is 2.36. The summed E-state index contributed by atoms with van der Waals surface area (Å²) in [5.41, 5.74) is 9.46. The largest absolute Gasteiger partial charge is 0.324 e. The molecule has 0 spiro atoms. The van der Waals surface area contributed by atoms with Gasteiger partial charge in [0.25, 0.3) is 0 Å². The summed E-state index contributed by atoms with van der Waals surface area (Å²) in [6.45, 7) is 6.18. The van der Waals surface area contributed by atoms with E-state index in [2.05, 4.69) is 32.0 Å². The fourth-order valence-electron chi connectivity index (χ4n) is 1.82. The van der Waals surface area contributed by atoms with Crippen LogP contribution in [0.2, 0.25) is 5.02 Å². The lowest BCUT2D eigenvalue weighted by molar-refractivity contribution is 0.817. The van der Waals surface area contributed by atoms with Crippen molar-refractivity contribution in [2.24, 2.45) is 5.73 Å². The summed E-state index contributed by atoms with van der Waals surface area (Å²) in [4.78, 5) is 2.32. The van der Waals surface area contributed by atoms with Crippen molar-refractivity contribution in [3.63, 3.8) is 0 Å². The average molecular weight is 292 g/mol. The maximum absolute atomic E-state index is 6.34. The maximum Gasteiger partial charge on any atom is 0.0548 e. The van der Waals surface area contributed by atoms with Crippen molar-refractivity contribution in [3.05, 3.63) is 58.1 Å². The molecular weight excluding hydrogens is 274 g/mol. The Bertz CT molecular complexity index is 593. The molecule has 0 amide bonds. The van der Waals surface area contributed by atoms with Crippen molar-refractivity contribution in [1.29, 1.82) is 0 Å². The molecule has 1 nitrogen and oxygen atoms in total. The Morgan fingerprint density at radius 2 is 1.79 bits per heavy atom. The topological polar surface area (TPSA) is 26.0 Å². The standard InChI is InChI=1S/C16H18ClNS/c1-10-4-5-11(2)16(8-10)19-15-7-6-13(12(3)18)9-14(15)17/h4-9,12H,18H2,1-3H3. The molecule has 19 heavy (non-hydrogen) atoms. The molecule has 0 aromatic heterocycles. The summed E-state index contributed by atoms with van der Waals surface area (Å²) < 4.78 is 0. The Morgan fingerprint density at radius 3 is 2.42 bits per heavy atom. The van der Waals surface area contributed by atoms with Gasteiger partial charge in [-0.2, -0.15) is 0 Å². The zero-order chi connectivity index (χ0) is 14.0. The second kappa shape index (κ2) is 6.00. The number of nitrogens with two attached hydrogens (primary N) is 1. The van der Waals surface area contributed by atoms with E-state index >= 15 is 0 Å². The smallest absolute Gasteiger partial charge is 0.0548 e.